The molecule has 2 N–H and O–H groups in total. The first-order valence-electron chi connectivity index (χ1n) is 7.18. The Bertz CT molecular complexity index is 445. The minimum Gasteiger partial charge on any atom is -0.382 e. The SMILES string of the molecule is CCCCN(CC)C(=O)c1cccc2c1NCCN2. The van der Waals surface area contributed by atoms with Crippen LogP contribution in [0.25, 0.3) is 0 Å². The van der Waals surface area contributed by atoms with Crippen LogP contribution < -0.4 is 10.6 Å². The summed E-state index contributed by atoms with van der Waals surface area (Å²) < 4.78 is 0. The second kappa shape index (κ2) is 6.45. The van der Waals surface area contributed by atoms with Gasteiger partial charge < -0.3 is 15.5 Å². The van der Waals surface area contributed by atoms with E-state index in [1.165, 1.54) is 0 Å². The molecule has 0 unspecified atom stereocenters. The molecule has 0 atom stereocenters. The smallest absolute Gasteiger partial charge is 0.256 e. The molecule has 1 aliphatic rings. The number of anilines is 2. The summed E-state index contributed by atoms with van der Waals surface area (Å²) in [5.41, 5.74) is 2.76. The summed E-state index contributed by atoms with van der Waals surface area (Å²) >= 11 is 0. The number of nitrogens with one attached hydrogen (secondary N) is 2. The highest BCUT2D eigenvalue weighted by Gasteiger charge is 2.20. The van der Waals surface area contributed by atoms with Gasteiger partial charge in [-0.05, 0) is 25.5 Å². The van der Waals surface area contributed by atoms with Gasteiger partial charge in [0.05, 0.1) is 16.9 Å². The normalized spacial score (nSPS) is 13.2. The first-order valence-corrected chi connectivity index (χ1v) is 7.18. The Morgan fingerprint density at radius 2 is 2.05 bits per heavy atom. The molecule has 4 nitrogen and oxygen atoms in total. The van der Waals surface area contributed by atoms with E-state index in [0.29, 0.717) is 0 Å². The van der Waals surface area contributed by atoms with Crippen LogP contribution in [0, 0.1) is 0 Å². The van der Waals surface area contributed by atoms with Crippen LogP contribution in [0.4, 0.5) is 11.4 Å². The molecule has 1 amide bonds. The number of unbranched alkanes of at least 4 members (excludes halogenated alkanes) is 1. The molecule has 2 rings (SSSR count). The number of carbonyl (C=O) groups is 1. The fraction of sp³-hybridized carbons (Fsp3) is 0.533. The van der Waals surface area contributed by atoms with Crippen LogP contribution in [0.1, 0.15) is 37.0 Å². The van der Waals surface area contributed by atoms with Crippen LogP contribution in [0.5, 0.6) is 0 Å². The fourth-order valence-electron chi connectivity index (χ4n) is 2.38. The van der Waals surface area contributed by atoms with Crippen molar-refractivity contribution in [3.05, 3.63) is 23.8 Å². The van der Waals surface area contributed by atoms with Crippen molar-refractivity contribution in [1.29, 1.82) is 0 Å². The second-order valence-corrected chi connectivity index (χ2v) is 4.82. The molecule has 0 aliphatic carbocycles. The van der Waals surface area contributed by atoms with Gasteiger partial charge in [0.2, 0.25) is 0 Å². The van der Waals surface area contributed by atoms with Gasteiger partial charge in [-0.15, -0.1) is 0 Å². The minimum atomic E-state index is 0.129. The van der Waals surface area contributed by atoms with Crippen LogP contribution in [0.2, 0.25) is 0 Å². The Morgan fingerprint density at radius 1 is 1.26 bits per heavy atom. The molecule has 0 radical (unpaired) electrons. The van der Waals surface area contributed by atoms with Crippen LogP contribution in [-0.4, -0.2) is 37.0 Å². The van der Waals surface area contributed by atoms with Gasteiger partial charge >= 0.3 is 0 Å². The topological polar surface area (TPSA) is 44.4 Å². The lowest BCUT2D eigenvalue weighted by Gasteiger charge is -2.26. The zero-order valence-electron chi connectivity index (χ0n) is 11.8. The summed E-state index contributed by atoms with van der Waals surface area (Å²) in [5, 5.41) is 6.66. The Hall–Kier alpha value is -1.71. The van der Waals surface area contributed by atoms with Crippen molar-refractivity contribution in [2.75, 3.05) is 36.8 Å². The summed E-state index contributed by atoms with van der Waals surface area (Å²) in [7, 11) is 0. The third-order valence-corrected chi connectivity index (χ3v) is 3.49. The van der Waals surface area contributed by atoms with Gasteiger partial charge in [0, 0.05) is 26.2 Å². The summed E-state index contributed by atoms with van der Waals surface area (Å²) in [6.45, 7) is 7.54. The average Bonchev–Trinajstić information content (AvgIpc) is 2.47. The summed E-state index contributed by atoms with van der Waals surface area (Å²) in [5.74, 6) is 0.129. The maximum absolute atomic E-state index is 12.6. The van der Waals surface area contributed by atoms with Gasteiger partial charge in [0.15, 0.2) is 0 Å². The monoisotopic (exact) mass is 261 g/mol. The van der Waals surface area contributed by atoms with Crippen molar-refractivity contribution in [2.45, 2.75) is 26.7 Å². The van der Waals surface area contributed by atoms with Crippen LogP contribution in [0.3, 0.4) is 0 Å². The second-order valence-electron chi connectivity index (χ2n) is 4.82. The Morgan fingerprint density at radius 3 is 2.79 bits per heavy atom. The van der Waals surface area contributed by atoms with E-state index in [4.69, 9.17) is 0 Å². The third kappa shape index (κ3) is 3.00. The van der Waals surface area contributed by atoms with Gasteiger partial charge in [-0.3, -0.25) is 4.79 Å². The van der Waals surface area contributed by atoms with E-state index in [1.807, 2.05) is 30.0 Å². The zero-order chi connectivity index (χ0) is 13.7. The maximum atomic E-state index is 12.6. The first-order chi connectivity index (χ1) is 9.27. The molecule has 0 bridgehead atoms. The zero-order valence-corrected chi connectivity index (χ0v) is 11.8. The molecule has 4 heteroatoms. The number of benzene rings is 1. The first kappa shape index (κ1) is 13.7. The predicted octanol–water partition coefficient (Wildman–Crippen LogP) is 2.79. The standard InChI is InChI=1S/C15H23N3O/c1-3-5-11-18(4-2)15(19)12-7-6-8-13-14(12)17-10-9-16-13/h6-8,16-17H,3-5,9-11H2,1-2H3. The number of nitrogens with zero attached hydrogens (tertiary/aromatic N) is 1. The molecule has 104 valence electrons. The van der Waals surface area contributed by atoms with Gasteiger partial charge in [0.25, 0.3) is 5.91 Å². The van der Waals surface area contributed by atoms with E-state index < -0.39 is 0 Å². The van der Waals surface area contributed by atoms with Crippen molar-refractivity contribution in [2.24, 2.45) is 0 Å². The highest BCUT2D eigenvalue weighted by Crippen LogP contribution is 2.29. The Balaban J connectivity index is 2.22. The number of carbonyl (C=O) groups excluding carboxylic acids is 1. The molecule has 0 aromatic heterocycles. The molecule has 0 fully saturated rings. The summed E-state index contributed by atoms with van der Waals surface area (Å²) in [6.07, 6.45) is 2.16. The third-order valence-electron chi connectivity index (χ3n) is 3.49. The number of amides is 1. The van der Waals surface area contributed by atoms with Crippen molar-refractivity contribution in [3.63, 3.8) is 0 Å². The van der Waals surface area contributed by atoms with Crippen molar-refractivity contribution in [3.8, 4) is 0 Å². The van der Waals surface area contributed by atoms with Gasteiger partial charge in [-0.1, -0.05) is 19.4 Å². The quantitative estimate of drug-likeness (QED) is 0.856. The van der Waals surface area contributed by atoms with Crippen LogP contribution >= 0.6 is 0 Å². The lowest BCUT2D eigenvalue weighted by Crippen LogP contribution is -2.33. The minimum absolute atomic E-state index is 0.129. The van der Waals surface area contributed by atoms with E-state index in [1.54, 1.807) is 0 Å². The Kier molecular flexibility index (Phi) is 4.66. The maximum Gasteiger partial charge on any atom is 0.256 e. The van der Waals surface area contributed by atoms with Crippen LogP contribution in [0.15, 0.2) is 18.2 Å². The van der Waals surface area contributed by atoms with Gasteiger partial charge in [-0.25, -0.2) is 0 Å². The molecular weight excluding hydrogens is 238 g/mol. The number of hydrogen-bond donors (Lipinski definition) is 2. The van der Waals surface area contributed by atoms with Gasteiger partial charge in [0.1, 0.15) is 0 Å². The predicted molar refractivity (Wildman–Crippen MR) is 79.9 cm³/mol. The van der Waals surface area contributed by atoms with Crippen molar-refractivity contribution < 1.29 is 4.79 Å². The van der Waals surface area contributed by atoms with Gasteiger partial charge in [-0.2, -0.15) is 0 Å². The molecule has 1 aliphatic heterocycles. The number of hydrogen-bond acceptors (Lipinski definition) is 3. The van der Waals surface area contributed by atoms with Crippen molar-refractivity contribution in [1.82, 2.24) is 4.90 Å². The molecule has 1 aromatic carbocycles. The highest BCUT2D eigenvalue weighted by molar-refractivity contribution is 6.02. The number of fused-ring (bicyclic) bond motifs is 1. The van der Waals surface area contributed by atoms with Crippen molar-refractivity contribution >= 4 is 17.3 Å². The number of rotatable bonds is 5. The lowest BCUT2D eigenvalue weighted by molar-refractivity contribution is 0.0763. The summed E-state index contributed by atoms with van der Waals surface area (Å²) in [6, 6.07) is 5.87. The van der Waals surface area contributed by atoms with E-state index >= 15 is 0 Å². The molecule has 1 heterocycles. The lowest BCUT2D eigenvalue weighted by atomic mass is 10.1. The molecule has 0 saturated carbocycles. The molecular formula is C15H23N3O. The van der Waals surface area contributed by atoms with E-state index in [0.717, 1.165) is 56.0 Å². The highest BCUT2D eigenvalue weighted by atomic mass is 16.2. The molecule has 0 spiro atoms. The Labute approximate surface area is 115 Å². The van der Waals surface area contributed by atoms with E-state index in [-0.39, 0.29) is 5.91 Å². The van der Waals surface area contributed by atoms with E-state index in [9.17, 15) is 4.79 Å². The van der Waals surface area contributed by atoms with Crippen LogP contribution in [-0.2, 0) is 0 Å². The fourth-order valence-corrected chi connectivity index (χ4v) is 2.38. The van der Waals surface area contributed by atoms with E-state index in [2.05, 4.69) is 17.6 Å². The molecule has 0 saturated heterocycles. The largest absolute Gasteiger partial charge is 0.382 e. The average molecular weight is 261 g/mol. The summed E-state index contributed by atoms with van der Waals surface area (Å²) in [4.78, 5) is 14.5. The number of para-hydroxylation sites is 1. The molecule has 1 aromatic rings. The molecule has 19 heavy (non-hydrogen) atoms.